The molecule has 146 valence electrons. The Bertz CT molecular complexity index is 922. The molecule has 1 aliphatic carbocycles. The first-order valence-electron chi connectivity index (χ1n) is 10.6. The number of aryl methyl sites for hydroxylation is 1. The largest absolute Gasteiger partial charge is 0.206 e. The predicted octanol–water partition coefficient (Wildman–Crippen LogP) is 8.29. The van der Waals surface area contributed by atoms with Gasteiger partial charge >= 0.3 is 0 Å². The lowest BCUT2D eigenvalue weighted by Gasteiger charge is -2.09. The molecule has 3 aromatic rings. The molecule has 0 saturated heterocycles. The molecule has 2 heteroatoms. The van der Waals surface area contributed by atoms with Crippen LogP contribution in [0.25, 0.3) is 21.6 Å². The van der Waals surface area contributed by atoms with Crippen molar-refractivity contribution in [1.82, 2.24) is 0 Å². The molecule has 1 fully saturated rings. The highest BCUT2D eigenvalue weighted by Crippen LogP contribution is 2.38. The summed E-state index contributed by atoms with van der Waals surface area (Å²) in [5, 5.41) is 0. The molecular formula is C26H29FS. The van der Waals surface area contributed by atoms with Crippen molar-refractivity contribution in [3.8, 4) is 21.6 Å². The molecule has 0 spiro atoms. The quantitative estimate of drug-likeness (QED) is 0.396. The monoisotopic (exact) mass is 392 g/mol. The molecule has 1 saturated carbocycles. The summed E-state index contributed by atoms with van der Waals surface area (Å²) in [5.74, 6) is 1.62. The fourth-order valence-electron chi connectivity index (χ4n) is 4.59. The first-order chi connectivity index (χ1) is 13.6. The number of rotatable bonds is 6. The number of hydrogen-bond acceptors (Lipinski definition) is 1. The third-order valence-electron chi connectivity index (χ3n) is 6.12. The molecule has 1 heterocycles. The fraction of sp³-hybridized carbons (Fsp3) is 0.385. The number of thiophene rings is 1. The van der Waals surface area contributed by atoms with E-state index in [0.717, 1.165) is 39.8 Å². The standard InChI is InChI=1S/C26H29FS/c1-3-4-19-7-8-20(15-19)16-23-12-14-26(28-23)24-13-11-22(17-25(24)27)21-9-5-18(2)6-10-21/h5-6,9-14,17,19-20H,3-4,7-8,15-16H2,1-2H3. The van der Waals surface area contributed by atoms with Crippen LogP contribution in [0.5, 0.6) is 0 Å². The van der Waals surface area contributed by atoms with Crippen molar-refractivity contribution in [1.29, 1.82) is 0 Å². The van der Waals surface area contributed by atoms with Gasteiger partial charge in [-0.2, -0.15) is 0 Å². The average Bonchev–Trinajstić information content (AvgIpc) is 3.33. The minimum absolute atomic E-state index is 0.129. The normalized spacial score (nSPS) is 19.2. The van der Waals surface area contributed by atoms with Crippen molar-refractivity contribution in [3.05, 3.63) is 70.9 Å². The molecule has 0 aliphatic heterocycles. The maximum absolute atomic E-state index is 14.9. The molecule has 1 aliphatic rings. The molecule has 1 aromatic heterocycles. The van der Waals surface area contributed by atoms with Crippen LogP contribution in [0, 0.1) is 24.6 Å². The molecule has 0 nitrogen and oxygen atoms in total. The second-order valence-corrected chi connectivity index (χ2v) is 9.53. The maximum atomic E-state index is 14.9. The number of benzene rings is 2. The van der Waals surface area contributed by atoms with Gasteiger partial charge in [0.25, 0.3) is 0 Å². The number of halogens is 1. The molecule has 0 radical (unpaired) electrons. The summed E-state index contributed by atoms with van der Waals surface area (Å²) in [6.07, 6.45) is 7.97. The van der Waals surface area contributed by atoms with Crippen LogP contribution < -0.4 is 0 Å². The van der Waals surface area contributed by atoms with E-state index >= 15 is 0 Å². The molecule has 0 amide bonds. The van der Waals surface area contributed by atoms with Crippen molar-refractivity contribution in [2.45, 2.75) is 52.4 Å². The van der Waals surface area contributed by atoms with E-state index < -0.39 is 0 Å². The Morgan fingerprint density at radius 1 is 0.929 bits per heavy atom. The number of hydrogen-bond donors (Lipinski definition) is 0. The zero-order chi connectivity index (χ0) is 19.5. The third-order valence-corrected chi connectivity index (χ3v) is 7.26. The summed E-state index contributed by atoms with van der Waals surface area (Å²) in [6.45, 7) is 4.36. The molecule has 2 aromatic carbocycles. The lowest BCUT2D eigenvalue weighted by Crippen LogP contribution is -1.99. The van der Waals surface area contributed by atoms with E-state index in [9.17, 15) is 4.39 Å². The molecule has 4 rings (SSSR count). The van der Waals surface area contributed by atoms with Crippen LogP contribution in [0.4, 0.5) is 4.39 Å². The molecule has 0 bridgehead atoms. The third kappa shape index (κ3) is 4.38. The van der Waals surface area contributed by atoms with E-state index in [1.54, 1.807) is 17.4 Å². The highest BCUT2D eigenvalue weighted by atomic mass is 32.1. The zero-order valence-electron chi connectivity index (χ0n) is 16.9. The highest BCUT2D eigenvalue weighted by molar-refractivity contribution is 7.15. The van der Waals surface area contributed by atoms with Gasteiger partial charge in [0.05, 0.1) is 0 Å². The van der Waals surface area contributed by atoms with Crippen molar-refractivity contribution in [3.63, 3.8) is 0 Å². The Morgan fingerprint density at radius 2 is 1.68 bits per heavy atom. The van der Waals surface area contributed by atoms with Crippen molar-refractivity contribution >= 4 is 11.3 Å². The minimum Gasteiger partial charge on any atom is -0.206 e. The Kier molecular flexibility index (Phi) is 5.96. The molecular weight excluding hydrogens is 363 g/mol. The minimum atomic E-state index is -0.129. The Balaban J connectivity index is 1.47. The van der Waals surface area contributed by atoms with Crippen LogP contribution in [-0.2, 0) is 6.42 Å². The second-order valence-electron chi connectivity index (χ2n) is 8.36. The van der Waals surface area contributed by atoms with Gasteiger partial charge in [0.1, 0.15) is 5.82 Å². The first kappa shape index (κ1) is 19.4. The summed E-state index contributed by atoms with van der Waals surface area (Å²) >= 11 is 1.77. The molecule has 2 unspecified atom stereocenters. The average molecular weight is 393 g/mol. The van der Waals surface area contributed by atoms with Gasteiger partial charge in [-0.15, -0.1) is 11.3 Å². The van der Waals surface area contributed by atoms with E-state index in [0.29, 0.717) is 0 Å². The maximum Gasteiger partial charge on any atom is 0.132 e. The highest BCUT2D eigenvalue weighted by Gasteiger charge is 2.24. The Morgan fingerprint density at radius 3 is 2.43 bits per heavy atom. The van der Waals surface area contributed by atoms with E-state index in [1.165, 1.54) is 42.5 Å². The fourth-order valence-corrected chi connectivity index (χ4v) is 5.74. The lowest BCUT2D eigenvalue weighted by atomic mass is 9.98. The van der Waals surface area contributed by atoms with Gasteiger partial charge in [-0.1, -0.05) is 62.1 Å². The second kappa shape index (κ2) is 8.61. The van der Waals surface area contributed by atoms with E-state index in [2.05, 4.69) is 50.2 Å². The van der Waals surface area contributed by atoms with Gasteiger partial charge in [0.2, 0.25) is 0 Å². The summed E-state index contributed by atoms with van der Waals surface area (Å²) in [5.41, 5.74) is 3.94. The Hall–Kier alpha value is -1.93. The summed E-state index contributed by atoms with van der Waals surface area (Å²) in [7, 11) is 0. The van der Waals surface area contributed by atoms with Crippen molar-refractivity contribution in [2.24, 2.45) is 11.8 Å². The Labute approximate surface area is 172 Å². The van der Waals surface area contributed by atoms with Gasteiger partial charge in [-0.3, -0.25) is 0 Å². The van der Waals surface area contributed by atoms with Gasteiger partial charge in [0, 0.05) is 15.3 Å². The summed E-state index contributed by atoms with van der Waals surface area (Å²) in [4.78, 5) is 2.45. The zero-order valence-corrected chi connectivity index (χ0v) is 17.7. The molecule has 2 atom stereocenters. The van der Waals surface area contributed by atoms with Crippen LogP contribution in [0.15, 0.2) is 54.6 Å². The topological polar surface area (TPSA) is 0 Å². The smallest absolute Gasteiger partial charge is 0.132 e. The van der Waals surface area contributed by atoms with Gasteiger partial charge in [-0.05, 0) is 73.4 Å². The summed E-state index contributed by atoms with van der Waals surface area (Å²) in [6, 6.07) is 18.2. The van der Waals surface area contributed by atoms with Gasteiger partial charge < -0.3 is 0 Å². The molecule has 0 N–H and O–H groups in total. The summed E-state index contributed by atoms with van der Waals surface area (Å²) < 4.78 is 14.9. The van der Waals surface area contributed by atoms with Crippen LogP contribution >= 0.6 is 11.3 Å². The van der Waals surface area contributed by atoms with E-state index in [1.807, 2.05) is 12.1 Å². The SMILES string of the molecule is CCCC1CCC(Cc2ccc(-c3ccc(-c4ccc(C)cc4)cc3F)s2)C1. The van der Waals surface area contributed by atoms with Crippen LogP contribution in [-0.4, -0.2) is 0 Å². The van der Waals surface area contributed by atoms with Crippen molar-refractivity contribution < 1.29 is 4.39 Å². The van der Waals surface area contributed by atoms with Gasteiger partial charge in [0.15, 0.2) is 0 Å². The van der Waals surface area contributed by atoms with E-state index in [-0.39, 0.29) is 5.82 Å². The lowest BCUT2D eigenvalue weighted by molar-refractivity contribution is 0.460. The van der Waals surface area contributed by atoms with Crippen LogP contribution in [0.2, 0.25) is 0 Å². The first-order valence-corrected chi connectivity index (χ1v) is 11.4. The van der Waals surface area contributed by atoms with Gasteiger partial charge in [-0.25, -0.2) is 4.39 Å². The van der Waals surface area contributed by atoms with E-state index in [4.69, 9.17) is 0 Å². The molecule has 28 heavy (non-hydrogen) atoms. The van der Waals surface area contributed by atoms with Crippen LogP contribution in [0.3, 0.4) is 0 Å². The van der Waals surface area contributed by atoms with Crippen LogP contribution in [0.1, 0.15) is 49.5 Å². The predicted molar refractivity (Wildman–Crippen MR) is 119 cm³/mol. The van der Waals surface area contributed by atoms with Crippen molar-refractivity contribution in [2.75, 3.05) is 0 Å².